The Morgan fingerprint density at radius 2 is 1.87 bits per heavy atom. The molecule has 1 aromatic carbocycles. The highest BCUT2D eigenvalue weighted by Crippen LogP contribution is 2.38. The number of esters is 1. The topological polar surface area (TPSA) is 61.1 Å². The smallest absolute Gasteiger partial charge is 0.376 e. The number of nitrogens with zero attached hydrogens (tertiary/aromatic N) is 1. The first kappa shape index (κ1) is 15.4. The Labute approximate surface area is 134 Å². The summed E-state index contributed by atoms with van der Waals surface area (Å²) in [6.07, 6.45) is 3.31. The van der Waals surface area contributed by atoms with Crippen LogP contribution >= 0.6 is 0 Å². The van der Waals surface area contributed by atoms with Crippen molar-refractivity contribution in [3.8, 4) is 11.5 Å². The molecule has 0 amide bonds. The van der Waals surface area contributed by atoms with Gasteiger partial charge in [0.1, 0.15) is 18.1 Å². The number of furan rings is 1. The molecule has 6 heteroatoms. The Balaban J connectivity index is 1.95. The average molecular weight is 317 g/mol. The molecule has 1 aliphatic rings. The highest BCUT2D eigenvalue weighted by atomic mass is 16.6. The number of hydrogen-bond donors (Lipinski definition) is 0. The maximum atomic E-state index is 12.4. The molecule has 2 aromatic rings. The minimum atomic E-state index is -0.475. The normalized spacial score (nSPS) is 14.3. The van der Waals surface area contributed by atoms with Gasteiger partial charge in [0, 0.05) is 17.0 Å². The van der Waals surface area contributed by atoms with Gasteiger partial charge in [0.15, 0.2) is 17.7 Å². The third kappa shape index (κ3) is 2.77. The van der Waals surface area contributed by atoms with E-state index in [4.69, 9.17) is 18.6 Å². The molecule has 3 rings (SSSR count). The predicted molar refractivity (Wildman–Crippen MR) is 84.5 cm³/mol. The number of carbonyl (C=O) groups is 1. The lowest BCUT2D eigenvalue weighted by Gasteiger charge is -2.22. The summed E-state index contributed by atoms with van der Waals surface area (Å²) >= 11 is 0. The van der Waals surface area contributed by atoms with Crippen LogP contribution in [-0.4, -0.2) is 31.2 Å². The van der Waals surface area contributed by atoms with Gasteiger partial charge in [0.25, 0.3) is 0 Å². The van der Waals surface area contributed by atoms with Crippen molar-refractivity contribution in [2.75, 3.05) is 14.1 Å². The Morgan fingerprint density at radius 1 is 1.22 bits per heavy atom. The number of carbonyl (C=O) groups excluding carboxylic acids is 1. The summed E-state index contributed by atoms with van der Waals surface area (Å²) < 4.78 is 22.0. The van der Waals surface area contributed by atoms with Gasteiger partial charge in [0.05, 0.1) is 0 Å². The van der Waals surface area contributed by atoms with Gasteiger partial charge >= 0.3 is 5.97 Å². The van der Waals surface area contributed by atoms with Gasteiger partial charge in [-0.25, -0.2) is 4.79 Å². The molecule has 1 aromatic heterocycles. The first-order valence-electron chi connectivity index (χ1n) is 7.44. The zero-order valence-electron chi connectivity index (χ0n) is 13.6. The fourth-order valence-electron chi connectivity index (χ4n) is 2.54. The summed E-state index contributed by atoms with van der Waals surface area (Å²) in [7, 11) is 3.73. The maximum absolute atomic E-state index is 12.4. The summed E-state index contributed by atoms with van der Waals surface area (Å²) in [5.74, 6) is 0.865. The lowest BCUT2D eigenvalue weighted by atomic mass is 10.1. The van der Waals surface area contributed by atoms with E-state index in [0.29, 0.717) is 23.5 Å². The van der Waals surface area contributed by atoms with Crippen molar-refractivity contribution in [3.05, 3.63) is 36.0 Å². The molecule has 0 spiro atoms. The summed E-state index contributed by atoms with van der Waals surface area (Å²) in [5.41, 5.74) is 1.28. The van der Waals surface area contributed by atoms with Crippen molar-refractivity contribution in [1.82, 2.24) is 4.90 Å². The maximum Gasteiger partial charge on any atom is 0.376 e. The first-order valence-corrected chi connectivity index (χ1v) is 7.44. The molecule has 1 aliphatic heterocycles. The van der Waals surface area contributed by atoms with Crippen LogP contribution in [0.15, 0.2) is 29.1 Å². The van der Waals surface area contributed by atoms with Crippen molar-refractivity contribution in [1.29, 1.82) is 0 Å². The standard InChI is InChI=1S/C17H19NO5/c1-5-15(18(3)4)23-17(19)16-10(2)11-8-13-14(9-12(11)22-16)21-7-6-20-13/h6-9,15H,5H2,1-4H3. The molecule has 0 aliphatic carbocycles. The summed E-state index contributed by atoms with van der Waals surface area (Å²) in [5, 5.41) is 0.799. The number of rotatable bonds is 4. The van der Waals surface area contributed by atoms with Crippen LogP contribution in [0.5, 0.6) is 11.5 Å². The lowest BCUT2D eigenvalue weighted by Crippen LogP contribution is -2.32. The quantitative estimate of drug-likeness (QED) is 0.636. The molecular formula is C17H19NO5. The van der Waals surface area contributed by atoms with Crippen molar-refractivity contribution >= 4 is 16.9 Å². The number of aryl methyl sites for hydroxylation is 1. The van der Waals surface area contributed by atoms with E-state index in [9.17, 15) is 4.79 Å². The third-order valence-corrected chi connectivity index (χ3v) is 3.80. The van der Waals surface area contributed by atoms with E-state index in [1.54, 1.807) is 12.1 Å². The molecule has 122 valence electrons. The van der Waals surface area contributed by atoms with E-state index in [0.717, 1.165) is 10.9 Å². The Morgan fingerprint density at radius 3 is 2.48 bits per heavy atom. The van der Waals surface area contributed by atoms with Crippen LogP contribution in [0.3, 0.4) is 0 Å². The van der Waals surface area contributed by atoms with Crippen LogP contribution in [0.1, 0.15) is 29.5 Å². The van der Waals surface area contributed by atoms with Crippen LogP contribution in [0.25, 0.3) is 11.0 Å². The molecule has 0 N–H and O–H groups in total. The van der Waals surface area contributed by atoms with Crippen molar-refractivity contribution in [2.45, 2.75) is 26.5 Å². The van der Waals surface area contributed by atoms with Gasteiger partial charge in [-0.15, -0.1) is 0 Å². The van der Waals surface area contributed by atoms with Gasteiger partial charge in [-0.1, -0.05) is 6.92 Å². The van der Waals surface area contributed by atoms with Gasteiger partial charge < -0.3 is 18.6 Å². The fourth-order valence-corrected chi connectivity index (χ4v) is 2.54. The highest BCUT2D eigenvalue weighted by Gasteiger charge is 2.24. The fraction of sp³-hybridized carbons (Fsp3) is 0.353. The van der Waals surface area contributed by atoms with Crippen LogP contribution in [0, 0.1) is 6.92 Å². The zero-order valence-corrected chi connectivity index (χ0v) is 13.6. The van der Waals surface area contributed by atoms with Gasteiger partial charge in [0.2, 0.25) is 5.76 Å². The van der Waals surface area contributed by atoms with E-state index in [2.05, 4.69) is 0 Å². The molecule has 0 saturated heterocycles. The van der Waals surface area contributed by atoms with E-state index in [1.807, 2.05) is 32.8 Å². The highest BCUT2D eigenvalue weighted by molar-refractivity contribution is 5.97. The molecular weight excluding hydrogens is 298 g/mol. The predicted octanol–water partition coefficient (Wildman–Crippen LogP) is 3.44. The Hall–Kier alpha value is -2.47. The lowest BCUT2D eigenvalue weighted by molar-refractivity contribution is -0.0182. The number of hydrogen-bond acceptors (Lipinski definition) is 6. The van der Waals surface area contributed by atoms with E-state index in [-0.39, 0.29) is 12.0 Å². The number of benzene rings is 1. The zero-order chi connectivity index (χ0) is 16.6. The third-order valence-electron chi connectivity index (χ3n) is 3.80. The van der Waals surface area contributed by atoms with Crippen LogP contribution in [0.4, 0.5) is 0 Å². The monoisotopic (exact) mass is 317 g/mol. The molecule has 0 bridgehead atoms. The van der Waals surface area contributed by atoms with Crippen molar-refractivity contribution in [2.24, 2.45) is 0 Å². The number of fused-ring (bicyclic) bond motifs is 2. The van der Waals surface area contributed by atoms with Gasteiger partial charge in [-0.3, -0.25) is 4.90 Å². The van der Waals surface area contributed by atoms with Crippen LogP contribution in [-0.2, 0) is 4.74 Å². The molecule has 1 unspecified atom stereocenters. The van der Waals surface area contributed by atoms with Crippen molar-refractivity contribution < 1.29 is 23.4 Å². The molecule has 0 fully saturated rings. The minimum Gasteiger partial charge on any atom is -0.458 e. The van der Waals surface area contributed by atoms with E-state index >= 15 is 0 Å². The number of ether oxygens (including phenoxy) is 3. The Kier molecular flexibility index (Phi) is 4.00. The molecule has 0 saturated carbocycles. The molecule has 0 radical (unpaired) electrons. The van der Waals surface area contributed by atoms with E-state index < -0.39 is 5.97 Å². The van der Waals surface area contributed by atoms with Gasteiger partial charge in [-0.05, 0) is 33.5 Å². The average Bonchev–Trinajstić information content (AvgIpc) is 2.86. The van der Waals surface area contributed by atoms with Gasteiger partial charge in [-0.2, -0.15) is 0 Å². The molecule has 1 atom stereocenters. The molecule has 23 heavy (non-hydrogen) atoms. The van der Waals surface area contributed by atoms with Crippen LogP contribution in [0.2, 0.25) is 0 Å². The SMILES string of the molecule is CCC(OC(=O)c1oc2cc3c(cc2c1C)OC=CO3)N(C)C. The summed E-state index contributed by atoms with van der Waals surface area (Å²) in [6, 6.07) is 3.51. The summed E-state index contributed by atoms with van der Waals surface area (Å²) in [4.78, 5) is 14.3. The van der Waals surface area contributed by atoms with Crippen molar-refractivity contribution in [3.63, 3.8) is 0 Å². The molecule has 2 heterocycles. The Bertz CT molecular complexity index is 775. The minimum absolute atomic E-state index is 0.204. The second-order valence-corrected chi connectivity index (χ2v) is 5.59. The molecule has 6 nitrogen and oxygen atoms in total. The first-order chi connectivity index (χ1) is 11.0. The van der Waals surface area contributed by atoms with Crippen LogP contribution < -0.4 is 9.47 Å². The second kappa shape index (κ2) is 5.96. The van der Waals surface area contributed by atoms with E-state index in [1.165, 1.54) is 12.5 Å². The largest absolute Gasteiger partial charge is 0.458 e. The second-order valence-electron chi connectivity index (χ2n) is 5.59. The summed E-state index contributed by atoms with van der Waals surface area (Å²) in [6.45, 7) is 3.78.